The van der Waals surface area contributed by atoms with E-state index in [-0.39, 0.29) is 23.2 Å². The third-order valence-corrected chi connectivity index (χ3v) is 8.31. The van der Waals surface area contributed by atoms with E-state index in [9.17, 15) is 18.0 Å². The zero-order valence-corrected chi connectivity index (χ0v) is 22.0. The number of piperidine rings is 1. The lowest BCUT2D eigenvalue weighted by molar-refractivity contribution is -0.156. The highest BCUT2D eigenvalue weighted by molar-refractivity contribution is 7.89. The number of nitrogens with one attached hydrogen (secondary N) is 4. The maximum Gasteiger partial charge on any atom is 0.328 e. The van der Waals surface area contributed by atoms with Gasteiger partial charge in [-0.05, 0) is 55.6 Å². The maximum absolute atomic E-state index is 13.7. The van der Waals surface area contributed by atoms with Crippen molar-refractivity contribution in [1.29, 1.82) is 5.41 Å². The van der Waals surface area contributed by atoms with E-state index in [2.05, 4.69) is 22.3 Å². The van der Waals surface area contributed by atoms with Crippen molar-refractivity contribution in [2.45, 2.75) is 62.9 Å². The number of benzene rings is 1. The SMILES string of the molecule is COC(=O)[C@H]1C[C@H](C)CCN1C(=O)C(CCCNC(=N)N)NS(=O)(=O)c1cccc2c1NCC(C)C2. The fourth-order valence-electron chi connectivity index (χ4n) is 4.87. The number of nitrogens with zero attached hydrogens (tertiary/aromatic N) is 1. The molecule has 2 heterocycles. The first-order chi connectivity index (χ1) is 17.0. The second-order valence-corrected chi connectivity index (χ2v) is 11.5. The van der Waals surface area contributed by atoms with Gasteiger partial charge in [0, 0.05) is 19.6 Å². The number of carbonyl (C=O) groups excluding carboxylic acids is 2. The van der Waals surface area contributed by atoms with Crippen molar-refractivity contribution in [1.82, 2.24) is 14.9 Å². The van der Waals surface area contributed by atoms with Crippen molar-refractivity contribution in [3.8, 4) is 0 Å². The Kier molecular flexibility index (Phi) is 9.18. The summed E-state index contributed by atoms with van der Waals surface area (Å²) in [6, 6.07) is 3.29. The minimum atomic E-state index is -4.07. The molecule has 0 aliphatic carbocycles. The smallest absolute Gasteiger partial charge is 0.328 e. The number of ether oxygens (including phenoxy) is 1. The van der Waals surface area contributed by atoms with Crippen LogP contribution in [0, 0.1) is 17.2 Å². The van der Waals surface area contributed by atoms with E-state index < -0.39 is 34.0 Å². The Bertz CT molecular complexity index is 1080. The van der Waals surface area contributed by atoms with Crippen molar-refractivity contribution in [3.63, 3.8) is 0 Å². The molecule has 200 valence electrons. The summed E-state index contributed by atoms with van der Waals surface area (Å²) in [5.41, 5.74) is 6.82. The molecule has 2 unspecified atom stereocenters. The largest absolute Gasteiger partial charge is 0.467 e. The lowest BCUT2D eigenvalue weighted by atomic mass is 9.91. The van der Waals surface area contributed by atoms with Gasteiger partial charge in [0.1, 0.15) is 17.0 Å². The fourth-order valence-corrected chi connectivity index (χ4v) is 6.32. The molecular formula is C24H38N6O5S. The average Bonchev–Trinajstić information content (AvgIpc) is 2.84. The van der Waals surface area contributed by atoms with Crippen molar-refractivity contribution in [2.24, 2.45) is 17.6 Å². The van der Waals surface area contributed by atoms with Gasteiger partial charge in [-0.25, -0.2) is 13.2 Å². The molecule has 1 fully saturated rings. The first kappa shape index (κ1) is 27.7. The zero-order valence-electron chi connectivity index (χ0n) is 21.2. The predicted molar refractivity (Wildman–Crippen MR) is 137 cm³/mol. The first-order valence-electron chi connectivity index (χ1n) is 12.4. The summed E-state index contributed by atoms with van der Waals surface area (Å²) in [6.07, 6.45) is 2.47. The van der Waals surface area contributed by atoms with Gasteiger partial charge >= 0.3 is 5.97 Å². The van der Waals surface area contributed by atoms with E-state index >= 15 is 0 Å². The van der Waals surface area contributed by atoms with Crippen LogP contribution in [0.5, 0.6) is 0 Å². The Morgan fingerprint density at radius 3 is 2.75 bits per heavy atom. The number of nitrogens with two attached hydrogens (primary N) is 1. The Hall–Kier alpha value is -2.86. The molecule has 0 aromatic heterocycles. The highest BCUT2D eigenvalue weighted by Gasteiger charge is 2.39. The first-order valence-corrected chi connectivity index (χ1v) is 13.9. The molecule has 0 saturated carbocycles. The normalized spacial score (nSPS) is 22.6. The number of carbonyl (C=O) groups is 2. The van der Waals surface area contributed by atoms with Crippen molar-refractivity contribution < 1.29 is 22.7 Å². The van der Waals surface area contributed by atoms with Crippen LogP contribution in [-0.2, 0) is 30.8 Å². The molecule has 0 bridgehead atoms. The van der Waals surface area contributed by atoms with Gasteiger partial charge in [-0.15, -0.1) is 0 Å². The average molecular weight is 523 g/mol. The van der Waals surface area contributed by atoms with Gasteiger partial charge in [0.15, 0.2) is 5.96 Å². The number of sulfonamides is 1. The standard InChI is InChI=1S/C24H38N6O5S/c1-15-9-11-30(19(13-15)23(32)35-3)22(31)18(7-5-10-27-24(25)26)29-36(33,34)20-8-4-6-17-12-16(2)14-28-21(17)20/h4,6,8,15-16,18-19,28-29H,5,7,9-14H2,1-3H3,(H4,25,26,27)/t15-,16?,18?,19-/m1/s1. The quantitative estimate of drug-likeness (QED) is 0.139. The molecule has 12 heteroatoms. The van der Waals surface area contributed by atoms with Crippen molar-refractivity contribution >= 4 is 33.5 Å². The summed E-state index contributed by atoms with van der Waals surface area (Å²) in [5, 5.41) is 13.2. The highest BCUT2D eigenvalue weighted by Crippen LogP contribution is 2.32. The predicted octanol–water partition coefficient (Wildman–Crippen LogP) is 1.00. The molecule has 1 amide bonds. The molecule has 0 radical (unpaired) electrons. The lowest BCUT2D eigenvalue weighted by Crippen LogP contribution is -2.56. The molecule has 1 aromatic carbocycles. The zero-order chi connectivity index (χ0) is 26.5. The molecule has 6 N–H and O–H groups in total. The van der Waals surface area contributed by atoms with E-state index in [1.807, 2.05) is 13.0 Å². The van der Waals surface area contributed by atoms with E-state index in [0.717, 1.165) is 12.0 Å². The second-order valence-electron chi connectivity index (χ2n) is 9.84. The molecule has 36 heavy (non-hydrogen) atoms. The summed E-state index contributed by atoms with van der Waals surface area (Å²) in [5.74, 6) is -0.564. The minimum Gasteiger partial charge on any atom is -0.467 e. The lowest BCUT2D eigenvalue weighted by Gasteiger charge is -2.38. The summed E-state index contributed by atoms with van der Waals surface area (Å²) < 4.78 is 34.7. The number of para-hydroxylation sites is 1. The van der Waals surface area contributed by atoms with Gasteiger partial charge in [-0.3, -0.25) is 10.2 Å². The van der Waals surface area contributed by atoms with Crippen LogP contribution in [0.2, 0.25) is 0 Å². The van der Waals surface area contributed by atoms with Crippen LogP contribution in [0.1, 0.15) is 45.1 Å². The topological polar surface area (TPSA) is 167 Å². The van der Waals surface area contributed by atoms with Crippen LogP contribution in [0.4, 0.5) is 5.69 Å². The van der Waals surface area contributed by atoms with Crippen LogP contribution in [0.15, 0.2) is 23.1 Å². The molecule has 2 aliphatic heterocycles. The number of rotatable bonds is 9. The molecule has 4 atom stereocenters. The van der Waals surface area contributed by atoms with Crippen molar-refractivity contribution in [3.05, 3.63) is 23.8 Å². The number of guanidine groups is 1. The van der Waals surface area contributed by atoms with Crippen LogP contribution in [-0.4, -0.2) is 70.0 Å². The van der Waals surface area contributed by atoms with Gasteiger partial charge in [0.05, 0.1) is 12.8 Å². The Balaban J connectivity index is 1.88. The molecule has 1 aromatic rings. The molecule has 1 saturated heterocycles. The van der Waals surface area contributed by atoms with E-state index in [0.29, 0.717) is 50.5 Å². The minimum absolute atomic E-state index is 0.100. The Labute approximate surface area is 213 Å². The molecule has 11 nitrogen and oxygen atoms in total. The van der Waals surface area contributed by atoms with Gasteiger partial charge in [0.2, 0.25) is 15.9 Å². The molecule has 0 spiro atoms. The molecular weight excluding hydrogens is 484 g/mol. The van der Waals surface area contributed by atoms with Gasteiger partial charge < -0.3 is 26.0 Å². The molecule has 2 aliphatic rings. The Morgan fingerprint density at radius 2 is 2.06 bits per heavy atom. The summed E-state index contributed by atoms with van der Waals surface area (Å²) in [4.78, 5) is 27.7. The molecule has 3 rings (SSSR count). The second kappa shape index (κ2) is 11.9. The Morgan fingerprint density at radius 1 is 1.31 bits per heavy atom. The number of fused-ring (bicyclic) bond motifs is 1. The fraction of sp³-hybridized carbons (Fsp3) is 0.625. The van der Waals surface area contributed by atoms with Gasteiger partial charge in [-0.2, -0.15) is 4.72 Å². The van der Waals surface area contributed by atoms with Crippen LogP contribution in [0.25, 0.3) is 0 Å². The number of hydrogen-bond donors (Lipinski definition) is 5. The third kappa shape index (κ3) is 6.67. The monoisotopic (exact) mass is 522 g/mol. The number of likely N-dealkylation sites (tertiary alicyclic amines) is 1. The highest BCUT2D eigenvalue weighted by atomic mass is 32.2. The van der Waals surface area contributed by atoms with Crippen LogP contribution >= 0.6 is 0 Å². The van der Waals surface area contributed by atoms with Gasteiger partial charge in [0.25, 0.3) is 0 Å². The van der Waals surface area contributed by atoms with E-state index in [1.165, 1.54) is 18.1 Å². The van der Waals surface area contributed by atoms with Crippen LogP contribution in [0.3, 0.4) is 0 Å². The number of anilines is 1. The third-order valence-electron chi connectivity index (χ3n) is 6.80. The van der Waals surface area contributed by atoms with Gasteiger partial charge in [-0.1, -0.05) is 26.0 Å². The van der Waals surface area contributed by atoms with E-state index in [4.69, 9.17) is 15.9 Å². The van der Waals surface area contributed by atoms with Crippen molar-refractivity contribution in [2.75, 3.05) is 32.1 Å². The number of hydrogen-bond acceptors (Lipinski definition) is 7. The summed E-state index contributed by atoms with van der Waals surface area (Å²) >= 11 is 0. The summed E-state index contributed by atoms with van der Waals surface area (Å²) in [6.45, 7) is 5.40. The number of amides is 1. The number of methoxy groups -OCH3 is 1. The van der Waals surface area contributed by atoms with E-state index in [1.54, 1.807) is 6.07 Å². The number of esters is 1. The summed E-state index contributed by atoms with van der Waals surface area (Å²) in [7, 11) is -2.79. The van der Waals surface area contributed by atoms with Crippen LogP contribution < -0.4 is 21.1 Å². The maximum atomic E-state index is 13.7.